The van der Waals surface area contributed by atoms with E-state index in [4.69, 9.17) is 0 Å². The molecule has 2 rings (SSSR count). The number of carbonyl (C=O) groups is 2. The lowest BCUT2D eigenvalue weighted by Gasteiger charge is -2.19. The smallest absolute Gasteiger partial charge is 0.321 e. The van der Waals surface area contributed by atoms with Crippen LogP contribution in [-0.4, -0.2) is 38.3 Å². The molecule has 3 N–H and O–H groups in total. The maximum Gasteiger partial charge on any atom is 0.321 e. The van der Waals surface area contributed by atoms with E-state index in [0.717, 1.165) is 0 Å². The number of rotatable bonds is 7. The summed E-state index contributed by atoms with van der Waals surface area (Å²) in [4.78, 5) is 24.9. The second-order valence-electron chi connectivity index (χ2n) is 5.99. The Kier molecular flexibility index (Phi) is 7.00. The fraction of sp³-hybridized carbons (Fsp3) is 0.263. The van der Waals surface area contributed by atoms with Crippen LogP contribution in [0.25, 0.3) is 0 Å². The van der Waals surface area contributed by atoms with E-state index in [2.05, 4.69) is 15.4 Å². The minimum atomic E-state index is -3.82. The minimum Gasteiger partial charge on any atom is -0.326 e. The van der Waals surface area contributed by atoms with Gasteiger partial charge in [-0.05, 0) is 56.3 Å². The monoisotopic (exact) mass is 404 g/mol. The Morgan fingerprint density at radius 1 is 0.893 bits per heavy atom. The van der Waals surface area contributed by atoms with Crippen LogP contribution in [0.1, 0.15) is 20.8 Å². The third kappa shape index (κ3) is 5.71. The third-order valence-corrected chi connectivity index (χ3v) is 5.30. The number of amides is 3. The van der Waals surface area contributed by atoms with Gasteiger partial charge in [-0.3, -0.25) is 9.52 Å². The molecule has 150 valence electrons. The van der Waals surface area contributed by atoms with Crippen LogP contribution in [0.2, 0.25) is 0 Å². The molecule has 0 aliphatic carbocycles. The number of carbonyl (C=O) groups excluding carboxylic acids is 2. The Balaban J connectivity index is 2.12. The first kappa shape index (κ1) is 21.2. The Morgan fingerprint density at radius 2 is 1.50 bits per heavy atom. The Labute approximate surface area is 165 Å². The minimum absolute atomic E-state index is 0.0540. The van der Waals surface area contributed by atoms with Crippen molar-refractivity contribution >= 4 is 39.0 Å². The van der Waals surface area contributed by atoms with Crippen molar-refractivity contribution in [2.75, 3.05) is 28.4 Å². The van der Waals surface area contributed by atoms with E-state index in [9.17, 15) is 18.0 Å². The molecule has 0 aliphatic rings. The average molecular weight is 404 g/mol. The van der Waals surface area contributed by atoms with Crippen molar-refractivity contribution in [2.24, 2.45) is 0 Å². The van der Waals surface area contributed by atoms with E-state index in [1.807, 2.05) is 13.8 Å². The van der Waals surface area contributed by atoms with Gasteiger partial charge in [0.05, 0.1) is 10.6 Å². The molecule has 0 atom stereocenters. The zero-order valence-corrected chi connectivity index (χ0v) is 16.8. The molecule has 2 aromatic carbocycles. The predicted molar refractivity (Wildman–Crippen MR) is 110 cm³/mol. The fourth-order valence-electron chi connectivity index (χ4n) is 2.51. The lowest BCUT2D eigenvalue weighted by atomic mass is 10.3. The summed E-state index contributed by atoms with van der Waals surface area (Å²) in [5.74, 6) is -0.248. The van der Waals surface area contributed by atoms with Crippen molar-refractivity contribution in [2.45, 2.75) is 25.7 Å². The van der Waals surface area contributed by atoms with Gasteiger partial charge in [-0.2, -0.15) is 0 Å². The number of hydrogen-bond acceptors (Lipinski definition) is 4. The molecule has 28 heavy (non-hydrogen) atoms. The first-order valence-corrected chi connectivity index (χ1v) is 10.3. The molecule has 0 aliphatic heterocycles. The zero-order valence-electron chi connectivity index (χ0n) is 16.0. The maximum absolute atomic E-state index is 12.6. The highest BCUT2D eigenvalue weighted by molar-refractivity contribution is 7.92. The lowest BCUT2D eigenvalue weighted by Crippen LogP contribution is -2.34. The summed E-state index contributed by atoms with van der Waals surface area (Å²) in [5.41, 5.74) is 1.32. The summed E-state index contributed by atoms with van der Waals surface area (Å²) in [7, 11) is -3.82. The molecule has 0 saturated carbocycles. The highest BCUT2D eigenvalue weighted by Gasteiger charge is 2.15. The van der Waals surface area contributed by atoms with Crippen LogP contribution in [0.15, 0.2) is 53.4 Å². The van der Waals surface area contributed by atoms with Gasteiger partial charge in [0.1, 0.15) is 0 Å². The molecule has 8 nitrogen and oxygen atoms in total. The van der Waals surface area contributed by atoms with Gasteiger partial charge in [-0.1, -0.05) is 6.07 Å². The molecule has 3 amide bonds. The topological polar surface area (TPSA) is 108 Å². The second-order valence-corrected chi connectivity index (χ2v) is 7.68. The van der Waals surface area contributed by atoms with Crippen molar-refractivity contribution < 1.29 is 18.0 Å². The van der Waals surface area contributed by atoms with Crippen LogP contribution in [0.3, 0.4) is 0 Å². The van der Waals surface area contributed by atoms with Gasteiger partial charge in [0.2, 0.25) is 5.91 Å². The van der Waals surface area contributed by atoms with E-state index in [1.54, 1.807) is 23.1 Å². The van der Waals surface area contributed by atoms with E-state index >= 15 is 0 Å². The Morgan fingerprint density at radius 3 is 2.07 bits per heavy atom. The molecule has 0 saturated heterocycles. The molecule has 9 heteroatoms. The molecular formula is C19H24N4O4S. The van der Waals surface area contributed by atoms with E-state index in [1.165, 1.54) is 37.3 Å². The highest BCUT2D eigenvalue weighted by Crippen LogP contribution is 2.21. The number of urea groups is 1. The van der Waals surface area contributed by atoms with Gasteiger partial charge in [0.25, 0.3) is 10.0 Å². The fourth-order valence-corrected chi connectivity index (χ4v) is 3.56. The van der Waals surface area contributed by atoms with Gasteiger partial charge in [-0.25, -0.2) is 13.2 Å². The van der Waals surface area contributed by atoms with E-state index in [0.29, 0.717) is 30.2 Å². The number of nitrogens with zero attached hydrogens (tertiary/aromatic N) is 1. The molecule has 0 bridgehead atoms. The first-order valence-electron chi connectivity index (χ1n) is 8.81. The quantitative estimate of drug-likeness (QED) is 0.658. The molecule has 0 aromatic heterocycles. The number of hydrogen-bond donors (Lipinski definition) is 3. The predicted octanol–water partition coefficient (Wildman–Crippen LogP) is 3.32. The molecule has 2 aromatic rings. The Bertz CT molecular complexity index is 939. The molecule has 0 radical (unpaired) electrons. The van der Waals surface area contributed by atoms with Crippen molar-refractivity contribution in [3.05, 3.63) is 48.5 Å². The molecule has 0 unspecified atom stereocenters. The van der Waals surface area contributed by atoms with Crippen LogP contribution in [0.4, 0.5) is 21.9 Å². The largest absolute Gasteiger partial charge is 0.326 e. The number of sulfonamides is 1. The van der Waals surface area contributed by atoms with E-state index in [-0.39, 0.29) is 16.8 Å². The van der Waals surface area contributed by atoms with Crippen LogP contribution in [0, 0.1) is 0 Å². The number of nitrogens with one attached hydrogen (secondary N) is 3. The van der Waals surface area contributed by atoms with Crippen LogP contribution in [-0.2, 0) is 14.8 Å². The summed E-state index contributed by atoms with van der Waals surface area (Å²) in [6.45, 7) is 6.29. The van der Waals surface area contributed by atoms with Gasteiger partial charge in [-0.15, -0.1) is 0 Å². The van der Waals surface area contributed by atoms with E-state index < -0.39 is 10.0 Å². The SMILES string of the molecule is CCN(CC)C(=O)Nc1ccc(S(=O)(=O)Nc2cccc(NC(C)=O)c2)cc1. The summed E-state index contributed by atoms with van der Waals surface area (Å²) in [6, 6.07) is 12.1. The van der Waals surface area contributed by atoms with Crippen molar-refractivity contribution in [3.63, 3.8) is 0 Å². The molecule has 0 fully saturated rings. The lowest BCUT2D eigenvalue weighted by molar-refractivity contribution is -0.114. The summed E-state index contributed by atoms with van der Waals surface area (Å²) < 4.78 is 27.6. The highest BCUT2D eigenvalue weighted by atomic mass is 32.2. The van der Waals surface area contributed by atoms with Crippen molar-refractivity contribution in [1.29, 1.82) is 0 Å². The zero-order chi connectivity index (χ0) is 20.7. The molecule has 0 spiro atoms. The number of benzene rings is 2. The molecular weight excluding hydrogens is 380 g/mol. The van der Waals surface area contributed by atoms with Gasteiger partial charge < -0.3 is 15.5 Å². The van der Waals surface area contributed by atoms with Crippen LogP contribution >= 0.6 is 0 Å². The van der Waals surface area contributed by atoms with Crippen molar-refractivity contribution in [3.8, 4) is 0 Å². The summed E-state index contributed by atoms with van der Waals surface area (Å²) >= 11 is 0. The third-order valence-electron chi connectivity index (χ3n) is 3.90. The summed E-state index contributed by atoms with van der Waals surface area (Å²) in [6.07, 6.45) is 0. The Hall–Kier alpha value is -3.07. The van der Waals surface area contributed by atoms with Gasteiger partial charge in [0, 0.05) is 31.4 Å². The molecule has 0 heterocycles. The van der Waals surface area contributed by atoms with Crippen LogP contribution < -0.4 is 15.4 Å². The maximum atomic E-state index is 12.6. The average Bonchev–Trinajstić information content (AvgIpc) is 2.62. The first-order chi connectivity index (χ1) is 13.2. The van der Waals surface area contributed by atoms with Crippen molar-refractivity contribution in [1.82, 2.24) is 4.90 Å². The van der Waals surface area contributed by atoms with Gasteiger partial charge >= 0.3 is 6.03 Å². The second kappa shape index (κ2) is 9.23. The van der Waals surface area contributed by atoms with Crippen LogP contribution in [0.5, 0.6) is 0 Å². The van der Waals surface area contributed by atoms with Gasteiger partial charge in [0.15, 0.2) is 0 Å². The normalized spacial score (nSPS) is 10.8. The standard InChI is InChI=1S/C19H24N4O4S/c1-4-23(5-2)19(25)21-15-9-11-18(12-10-15)28(26,27)22-17-8-6-7-16(13-17)20-14(3)24/h6-13,22H,4-5H2,1-3H3,(H,20,24)(H,21,25). The number of anilines is 3. The summed E-state index contributed by atoms with van der Waals surface area (Å²) in [5, 5.41) is 5.33.